The van der Waals surface area contributed by atoms with E-state index in [0.717, 1.165) is 35.4 Å². The van der Waals surface area contributed by atoms with Crippen molar-refractivity contribution in [2.45, 2.75) is 40.0 Å². The number of anilines is 1. The lowest BCUT2D eigenvalue weighted by atomic mass is 10.1. The summed E-state index contributed by atoms with van der Waals surface area (Å²) in [6.45, 7) is 8.99. The van der Waals surface area contributed by atoms with Crippen molar-refractivity contribution in [2.75, 3.05) is 24.5 Å². The molecule has 152 valence electrons. The van der Waals surface area contributed by atoms with E-state index < -0.39 is 0 Å². The Kier molecular flexibility index (Phi) is 5.93. The number of aromatic nitrogens is 1. The molecule has 0 atom stereocenters. The van der Waals surface area contributed by atoms with Crippen LogP contribution in [-0.4, -0.2) is 39.7 Å². The number of hydrogen-bond acceptors (Lipinski definition) is 5. The molecule has 0 aliphatic carbocycles. The lowest BCUT2D eigenvalue weighted by Gasteiger charge is -2.29. The normalized spacial score (nSPS) is 19.2. The number of fused-ring (bicyclic) bond motifs is 1. The highest BCUT2D eigenvalue weighted by atomic mass is 32.2. The van der Waals surface area contributed by atoms with Crippen molar-refractivity contribution in [1.82, 2.24) is 9.88 Å². The molecule has 4 nitrogen and oxygen atoms in total. The topological polar surface area (TPSA) is 36.4 Å². The van der Waals surface area contributed by atoms with Crippen molar-refractivity contribution >= 4 is 57.0 Å². The lowest BCUT2D eigenvalue weighted by Crippen LogP contribution is -2.31. The first kappa shape index (κ1) is 20.4. The van der Waals surface area contributed by atoms with Gasteiger partial charge in [0.15, 0.2) is 0 Å². The van der Waals surface area contributed by atoms with E-state index >= 15 is 0 Å². The van der Waals surface area contributed by atoms with Gasteiger partial charge in [-0.05, 0) is 56.4 Å². The molecule has 1 aromatic carbocycles. The van der Waals surface area contributed by atoms with E-state index in [2.05, 4.69) is 49.9 Å². The second-order valence-electron chi connectivity index (χ2n) is 8.33. The third-order valence-electron chi connectivity index (χ3n) is 5.34. The zero-order valence-corrected chi connectivity index (χ0v) is 18.9. The summed E-state index contributed by atoms with van der Waals surface area (Å²) in [5.41, 5.74) is 3.22. The van der Waals surface area contributed by atoms with E-state index in [1.54, 1.807) is 4.90 Å². The number of thioether (sulfide) groups is 1. The highest BCUT2D eigenvalue weighted by Crippen LogP contribution is 2.36. The summed E-state index contributed by atoms with van der Waals surface area (Å²) in [4.78, 5) is 22.8. The number of piperidine rings is 1. The maximum atomic E-state index is 13.0. The Labute approximate surface area is 182 Å². The SMILES string of the molecule is Cc1ccc2nc(N3CCCCC3)c(/C=C3\SC(=S)N(CC(C)C)C3=O)cc2c1. The van der Waals surface area contributed by atoms with Gasteiger partial charge in [-0.1, -0.05) is 49.5 Å². The molecule has 0 saturated carbocycles. The first-order chi connectivity index (χ1) is 13.9. The highest BCUT2D eigenvalue weighted by molar-refractivity contribution is 8.26. The maximum absolute atomic E-state index is 13.0. The number of aryl methyl sites for hydroxylation is 1. The van der Waals surface area contributed by atoms with Crippen LogP contribution in [-0.2, 0) is 4.79 Å². The Morgan fingerprint density at radius 1 is 1.21 bits per heavy atom. The van der Waals surface area contributed by atoms with Gasteiger partial charge >= 0.3 is 0 Å². The standard InChI is InChI=1S/C23H27N3OS2/c1-15(2)14-26-22(27)20(29-23(26)28)13-18-12-17-11-16(3)7-8-19(17)24-21(18)25-9-5-4-6-10-25/h7-8,11-13,15H,4-6,9-10,14H2,1-3H3/b20-13-. The number of hydrogen-bond donors (Lipinski definition) is 0. The fraction of sp³-hybridized carbons (Fsp3) is 0.435. The number of carbonyl (C=O) groups is 1. The summed E-state index contributed by atoms with van der Waals surface area (Å²) in [5.74, 6) is 1.38. The second-order valence-corrected chi connectivity index (χ2v) is 10.0. The van der Waals surface area contributed by atoms with E-state index in [-0.39, 0.29) is 5.91 Å². The summed E-state index contributed by atoms with van der Waals surface area (Å²) >= 11 is 6.89. The van der Waals surface area contributed by atoms with Gasteiger partial charge in [-0.3, -0.25) is 9.69 Å². The summed E-state index contributed by atoms with van der Waals surface area (Å²) in [6, 6.07) is 8.52. The second kappa shape index (κ2) is 8.44. The maximum Gasteiger partial charge on any atom is 0.266 e. The predicted octanol–water partition coefficient (Wildman–Crippen LogP) is 5.39. The molecule has 2 aliphatic rings. The van der Waals surface area contributed by atoms with Crippen LogP contribution in [0.25, 0.3) is 17.0 Å². The lowest BCUT2D eigenvalue weighted by molar-refractivity contribution is -0.122. The molecule has 0 N–H and O–H groups in total. The number of rotatable bonds is 4. The van der Waals surface area contributed by atoms with Gasteiger partial charge in [-0.15, -0.1) is 0 Å². The third-order valence-corrected chi connectivity index (χ3v) is 6.72. The minimum absolute atomic E-state index is 0.0163. The molecule has 2 fully saturated rings. The molecule has 2 aromatic rings. The van der Waals surface area contributed by atoms with Gasteiger partial charge in [0.05, 0.1) is 10.4 Å². The summed E-state index contributed by atoms with van der Waals surface area (Å²) < 4.78 is 0.652. The average molecular weight is 426 g/mol. The molecule has 1 aromatic heterocycles. The quantitative estimate of drug-likeness (QED) is 0.485. The van der Waals surface area contributed by atoms with E-state index in [1.165, 1.54) is 36.6 Å². The highest BCUT2D eigenvalue weighted by Gasteiger charge is 2.32. The third kappa shape index (κ3) is 4.33. The number of carbonyl (C=O) groups excluding carboxylic acids is 1. The van der Waals surface area contributed by atoms with Gasteiger partial charge in [0.25, 0.3) is 5.91 Å². The van der Waals surface area contributed by atoms with Crippen molar-refractivity contribution < 1.29 is 4.79 Å². The molecule has 4 rings (SSSR count). The zero-order chi connectivity index (χ0) is 20.5. The van der Waals surface area contributed by atoms with E-state index in [9.17, 15) is 4.79 Å². The molecule has 0 spiro atoms. The molecule has 6 heteroatoms. The minimum Gasteiger partial charge on any atom is -0.356 e. The molecule has 3 heterocycles. The van der Waals surface area contributed by atoms with E-state index in [4.69, 9.17) is 17.2 Å². The van der Waals surface area contributed by atoms with Crippen LogP contribution in [0.15, 0.2) is 29.2 Å². The molecule has 0 unspecified atom stereocenters. The first-order valence-electron chi connectivity index (χ1n) is 10.3. The smallest absolute Gasteiger partial charge is 0.266 e. The zero-order valence-electron chi connectivity index (χ0n) is 17.3. The van der Waals surface area contributed by atoms with E-state index in [0.29, 0.717) is 21.7 Å². The number of thiocarbonyl (C=S) groups is 1. The molecule has 2 saturated heterocycles. The van der Waals surface area contributed by atoms with Crippen molar-refractivity contribution in [3.05, 3.63) is 40.3 Å². The molecule has 2 aliphatic heterocycles. The Hall–Kier alpha value is -1.92. The Morgan fingerprint density at radius 2 is 1.97 bits per heavy atom. The Morgan fingerprint density at radius 3 is 2.69 bits per heavy atom. The van der Waals surface area contributed by atoms with Gasteiger partial charge < -0.3 is 4.90 Å². The number of benzene rings is 1. The monoisotopic (exact) mass is 425 g/mol. The van der Waals surface area contributed by atoms with Crippen LogP contribution >= 0.6 is 24.0 Å². The number of amides is 1. The van der Waals surface area contributed by atoms with Crippen molar-refractivity contribution in [1.29, 1.82) is 0 Å². The van der Waals surface area contributed by atoms with Gasteiger partial charge in [-0.25, -0.2) is 4.98 Å². The molecule has 29 heavy (non-hydrogen) atoms. The first-order valence-corrected chi connectivity index (χ1v) is 11.6. The van der Waals surface area contributed by atoms with Crippen molar-refractivity contribution in [2.24, 2.45) is 5.92 Å². The van der Waals surface area contributed by atoms with Gasteiger partial charge in [0.2, 0.25) is 0 Å². The van der Waals surface area contributed by atoms with Gasteiger partial charge in [0, 0.05) is 30.6 Å². The fourth-order valence-electron chi connectivity index (χ4n) is 3.93. The summed E-state index contributed by atoms with van der Waals surface area (Å²) in [7, 11) is 0. The summed E-state index contributed by atoms with van der Waals surface area (Å²) in [5, 5.41) is 1.11. The van der Waals surface area contributed by atoms with Crippen LogP contribution in [0.3, 0.4) is 0 Å². The molecular formula is C23H27N3OS2. The predicted molar refractivity (Wildman–Crippen MR) is 127 cm³/mol. The van der Waals surface area contributed by atoms with Gasteiger partial charge in [0.1, 0.15) is 10.1 Å². The molecular weight excluding hydrogens is 398 g/mol. The van der Waals surface area contributed by atoms with Crippen LogP contribution in [0.5, 0.6) is 0 Å². The van der Waals surface area contributed by atoms with Crippen LogP contribution in [0.1, 0.15) is 44.2 Å². The Balaban J connectivity index is 1.78. The summed E-state index contributed by atoms with van der Waals surface area (Å²) in [6.07, 6.45) is 5.64. The van der Waals surface area contributed by atoms with Crippen LogP contribution < -0.4 is 4.90 Å². The molecule has 1 amide bonds. The Bertz CT molecular complexity index is 993. The van der Waals surface area contributed by atoms with Gasteiger partial charge in [-0.2, -0.15) is 0 Å². The fourth-order valence-corrected chi connectivity index (χ4v) is 5.20. The minimum atomic E-state index is 0.0163. The van der Waals surface area contributed by atoms with Crippen molar-refractivity contribution in [3.63, 3.8) is 0 Å². The average Bonchev–Trinajstić information content (AvgIpc) is 2.95. The largest absolute Gasteiger partial charge is 0.356 e. The van der Waals surface area contributed by atoms with Crippen LogP contribution in [0.2, 0.25) is 0 Å². The van der Waals surface area contributed by atoms with Crippen LogP contribution in [0.4, 0.5) is 5.82 Å². The molecule has 0 radical (unpaired) electrons. The number of pyridine rings is 1. The van der Waals surface area contributed by atoms with Crippen molar-refractivity contribution in [3.8, 4) is 0 Å². The number of nitrogens with zero attached hydrogens (tertiary/aromatic N) is 3. The van der Waals surface area contributed by atoms with E-state index in [1.807, 2.05) is 6.08 Å². The molecule has 0 bridgehead atoms. The van der Waals surface area contributed by atoms with Crippen LogP contribution in [0, 0.1) is 12.8 Å².